The van der Waals surface area contributed by atoms with E-state index in [0.29, 0.717) is 5.56 Å². The summed E-state index contributed by atoms with van der Waals surface area (Å²) in [6, 6.07) is 8.44. The lowest BCUT2D eigenvalue weighted by Gasteiger charge is -2.13. The third kappa shape index (κ3) is 3.52. The van der Waals surface area contributed by atoms with E-state index in [1.165, 1.54) is 24.3 Å². The van der Waals surface area contributed by atoms with E-state index in [9.17, 15) is 17.6 Å². The van der Waals surface area contributed by atoms with Crippen LogP contribution >= 0.6 is 0 Å². The molecule has 21 heavy (non-hydrogen) atoms. The van der Waals surface area contributed by atoms with Crippen LogP contribution in [-0.4, -0.2) is 0 Å². The molecule has 0 bridgehead atoms. The van der Waals surface area contributed by atoms with Crippen molar-refractivity contribution in [3.8, 4) is 11.1 Å². The van der Waals surface area contributed by atoms with Crippen LogP contribution in [0.25, 0.3) is 21.6 Å². The van der Waals surface area contributed by atoms with Crippen molar-refractivity contribution in [3.05, 3.63) is 69.9 Å². The third-order valence-corrected chi connectivity index (χ3v) is 2.82. The van der Waals surface area contributed by atoms with E-state index >= 15 is 0 Å². The van der Waals surface area contributed by atoms with Crippen molar-refractivity contribution >= 4 is 0 Å². The normalized spacial score (nSPS) is 11.0. The Balaban J connectivity index is 2.57. The summed E-state index contributed by atoms with van der Waals surface area (Å²) in [5.41, 5.74) is 7.68. The zero-order valence-electron chi connectivity index (χ0n) is 10.6. The van der Waals surface area contributed by atoms with Crippen molar-refractivity contribution in [3.63, 3.8) is 0 Å². The van der Waals surface area contributed by atoms with Gasteiger partial charge in [-0.15, -0.1) is 0 Å². The summed E-state index contributed by atoms with van der Waals surface area (Å²) in [7, 11) is 0. The van der Waals surface area contributed by atoms with Gasteiger partial charge in [0.05, 0.1) is 12.1 Å². The molecular weight excluding hydrogens is 286 g/mol. The topological polar surface area (TPSA) is 48.8 Å². The van der Waals surface area contributed by atoms with E-state index in [1.54, 1.807) is 0 Å². The van der Waals surface area contributed by atoms with Crippen LogP contribution in [-0.2, 0) is 12.7 Å². The molecule has 2 rings (SSSR count). The van der Waals surface area contributed by atoms with Gasteiger partial charge in [-0.05, 0) is 40.4 Å². The van der Waals surface area contributed by atoms with Crippen LogP contribution in [0.3, 0.4) is 0 Å². The lowest BCUT2D eigenvalue weighted by atomic mass is 9.97. The molecular formula is C14H9F4N3. The maximum absolute atomic E-state index is 13.6. The monoisotopic (exact) mass is 295 g/mol. The van der Waals surface area contributed by atoms with Crippen molar-refractivity contribution in [2.75, 3.05) is 0 Å². The predicted molar refractivity (Wildman–Crippen MR) is 69.7 cm³/mol. The molecule has 0 aliphatic heterocycles. The lowest BCUT2D eigenvalue weighted by Crippen LogP contribution is -2.07. The second kappa shape index (κ2) is 5.85. The lowest BCUT2D eigenvalue weighted by molar-refractivity contribution is -0.137. The number of nitrogens with zero attached hydrogens (tertiary/aromatic N) is 3. The van der Waals surface area contributed by atoms with Crippen LogP contribution in [0, 0.1) is 5.82 Å². The standard InChI is InChI=1S/C14H9F4N3/c15-11-6-9(8-20-21-19)5-10(7-11)12-3-1-2-4-13(12)14(16,17)18/h1-7H,8H2. The van der Waals surface area contributed by atoms with Crippen molar-refractivity contribution in [2.45, 2.75) is 12.7 Å². The molecule has 0 aliphatic rings. The summed E-state index contributed by atoms with van der Waals surface area (Å²) in [5, 5.41) is 3.28. The van der Waals surface area contributed by atoms with Gasteiger partial charge in [-0.2, -0.15) is 13.2 Å². The summed E-state index contributed by atoms with van der Waals surface area (Å²) in [6.45, 7) is -0.130. The molecule has 0 atom stereocenters. The quantitative estimate of drug-likeness (QED) is 0.318. The Labute approximate surface area is 117 Å². The molecule has 0 saturated carbocycles. The Morgan fingerprint density at radius 2 is 1.81 bits per heavy atom. The number of hydrogen-bond acceptors (Lipinski definition) is 1. The average molecular weight is 295 g/mol. The Morgan fingerprint density at radius 1 is 1.10 bits per heavy atom. The summed E-state index contributed by atoms with van der Waals surface area (Å²) >= 11 is 0. The van der Waals surface area contributed by atoms with Gasteiger partial charge < -0.3 is 0 Å². The zero-order chi connectivity index (χ0) is 15.5. The Kier molecular flexibility index (Phi) is 4.14. The summed E-state index contributed by atoms with van der Waals surface area (Å²) in [4.78, 5) is 2.54. The fourth-order valence-electron chi connectivity index (χ4n) is 1.99. The van der Waals surface area contributed by atoms with Crippen LogP contribution in [0.4, 0.5) is 17.6 Å². The fourth-order valence-corrected chi connectivity index (χ4v) is 1.99. The van der Waals surface area contributed by atoms with E-state index in [1.807, 2.05) is 0 Å². The highest BCUT2D eigenvalue weighted by Crippen LogP contribution is 2.37. The second-order valence-corrected chi connectivity index (χ2v) is 4.28. The van der Waals surface area contributed by atoms with Crippen molar-refractivity contribution in [1.82, 2.24) is 0 Å². The average Bonchev–Trinajstić information content (AvgIpc) is 2.43. The first-order chi connectivity index (χ1) is 9.91. The minimum Gasteiger partial charge on any atom is -0.207 e. The maximum atomic E-state index is 13.6. The summed E-state index contributed by atoms with van der Waals surface area (Å²) < 4.78 is 52.5. The van der Waals surface area contributed by atoms with Crippen molar-refractivity contribution in [2.24, 2.45) is 5.11 Å². The van der Waals surface area contributed by atoms with Gasteiger partial charge in [0.1, 0.15) is 5.82 Å². The molecule has 0 radical (unpaired) electrons. The first-order valence-electron chi connectivity index (χ1n) is 5.89. The molecule has 108 valence electrons. The predicted octanol–water partition coefficient (Wildman–Crippen LogP) is 5.32. The molecule has 7 heteroatoms. The first kappa shape index (κ1) is 14.9. The fraction of sp³-hybridized carbons (Fsp3) is 0.143. The van der Waals surface area contributed by atoms with Crippen molar-refractivity contribution < 1.29 is 17.6 Å². The summed E-state index contributed by atoms with van der Waals surface area (Å²) in [6.07, 6.45) is -4.53. The molecule has 2 aromatic carbocycles. The number of azide groups is 1. The molecule has 0 heterocycles. The second-order valence-electron chi connectivity index (χ2n) is 4.28. The van der Waals surface area contributed by atoms with Gasteiger partial charge in [-0.3, -0.25) is 0 Å². The first-order valence-corrected chi connectivity index (χ1v) is 5.89. The van der Waals surface area contributed by atoms with Gasteiger partial charge in [-0.1, -0.05) is 29.4 Å². The number of rotatable bonds is 3. The summed E-state index contributed by atoms with van der Waals surface area (Å²) in [5.74, 6) is -0.687. The van der Waals surface area contributed by atoms with E-state index in [4.69, 9.17) is 5.53 Å². The van der Waals surface area contributed by atoms with E-state index in [-0.39, 0.29) is 17.7 Å². The number of benzene rings is 2. The Bertz CT molecular complexity index is 704. The molecule has 3 nitrogen and oxygen atoms in total. The van der Waals surface area contributed by atoms with Gasteiger partial charge in [0.2, 0.25) is 0 Å². The third-order valence-electron chi connectivity index (χ3n) is 2.82. The molecule has 0 unspecified atom stereocenters. The van der Waals surface area contributed by atoms with E-state index in [2.05, 4.69) is 10.0 Å². The molecule has 0 aliphatic carbocycles. The Hall–Kier alpha value is -2.53. The van der Waals surface area contributed by atoms with Gasteiger partial charge in [0.25, 0.3) is 0 Å². The van der Waals surface area contributed by atoms with Gasteiger partial charge in [-0.25, -0.2) is 4.39 Å². The SMILES string of the molecule is [N-]=[N+]=NCc1cc(F)cc(-c2ccccc2C(F)(F)F)c1. The maximum Gasteiger partial charge on any atom is 0.417 e. The molecule has 0 amide bonds. The molecule has 0 fully saturated rings. The molecule has 0 saturated heterocycles. The van der Waals surface area contributed by atoms with Crippen LogP contribution in [0.5, 0.6) is 0 Å². The van der Waals surface area contributed by atoms with Gasteiger partial charge >= 0.3 is 6.18 Å². The highest BCUT2D eigenvalue weighted by molar-refractivity contribution is 5.68. The van der Waals surface area contributed by atoms with Crippen LogP contribution in [0.1, 0.15) is 11.1 Å². The number of hydrogen-bond donors (Lipinski definition) is 0. The number of halogens is 4. The van der Waals surface area contributed by atoms with E-state index in [0.717, 1.165) is 18.2 Å². The van der Waals surface area contributed by atoms with Gasteiger partial charge in [0.15, 0.2) is 0 Å². The smallest absolute Gasteiger partial charge is 0.207 e. The highest BCUT2D eigenvalue weighted by Gasteiger charge is 2.33. The largest absolute Gasteiger partial charge is 0.417 e. The molecule has 0 N–H and O–H groups in total. The Morgan fingerprint density at radius 3 is 2.48 bits per heavy atom. The van der Waals surface area contributed by atoms with Crippen molar-refractivity contribution in [1.29, 1.82) is 0 Å². The van der Waals surface area contributed by atoms with E-state index < -0.39 is 17.6 Å². The number of alkyl halides is 3. The van der Waals surface area contributed by atoms with Crippen LogP contribution in [0.15, 0.2) is 47.6 Å². The highest BCUT2D eigenvalue weighted by atomic mass is 19.4. The minimum atomic E-state index is -4.53. The molecule has 2 aromatic rings. The van der Waals surface area contributed by atoms with Crippen LogP contribution in [0.2, 0.25) is 0 Å². The zero-order valence-corrected chi connectivity index (χ0v) is 10.6. The minimum absolute atomic E-state index is 0.0889. The molecule has 0 spiro atoms. The van der Waals surface area contributed by atoms with Gasteiger partial charge in [0, 0.05) is 4.91 Å². The molecule has 0 aromatic heterocycles. The van der Waals surface area contributed by atoms with Crippen LogP contribution < -0.4 is 0 Å².